The highest BCUT2D eigenvalue weighted by atomic mass is 79.9. The number of carboxylic acids is 1. The van der Waals surface area contributed by atoms with Crippen LogP contribution in [0.4, 0.5) is 5.82 Å². The molecule has 1 aromatic rings. The highest BCUT2D eigenvalue weighted by Gasteiger charge is 2.18. The van der Waals surface area contributed by atoms with Gasteiger partial charge in [0.15, 0.2) is 0 Å². The van der Waals surface area contributed by atoms with Crippen LogP contribution in [0.15, 0.2) is 28.9 Å². The molecule has 1 aliphatic heterocycles. The number of carbonyl (C=O) groups is 1. The summed E-state index contributed by atoms with van der Waals surface area (Å²) in [5, 5.41) is 9.06. The number of pyridine rings is 1. The van der Waals surface area contributed by atoms with E-state index in [1.165, 1.54) is 0 Å². The molecule has 0 unspecified atom stereocenters. The lowest BCUT2D eigenvalue weighted by atomic mass is 10.2. The Hall–Kier alpha value is -1.36. The van der Waals surface area contributed by atoms with Gasteiger partial charge in [0, 0.05) is 19.3 Å². The lowest BCUT2D eigenvalue weighted by Crippen LogP contribution is -2.30. The maximum absolute atomic E-state index is 11.0. The second kappa shape index (κ2) is 4.65. The number of hydrogen-bond acceptors (Lipinski definition) is 3. The van der Waals surface area contributed by atoms with E-state index in [9.17, 15) is 4.79 Å². The second-order valence-corrected chi connectivity index (χ2v) is 4.55. The molecule has 4 nitrogen and oxygen atoms in total. The summed E-state index contributed by atoms with van der Waals surface area (Å²) in [4.78, 5) is 17.2. The third-order valence-electron chi connectivity index (χ3n) is 2.47. The number of nitrogens with zero attached hydrogens (tertiary/aromatic N) is 2. The van der Waals surface area contributed by atoms with Crippen LogP contribution in [0.1, 0.15) is 16.8 Å². The van der Waals surface area contributed by atoms with Crippen molar-refractivity contribution in [2.45, 2.75) is 6.42 Å². The van der Waals surface area contributed by atoms with E-state index < -0.39 is 5.97 Å². The van der Waals surface area contributed by atoms with E-state index in [0.717, 1.165) is 17.4 Å². The predicted octanol–water partition coefficient (Wildman–Crippen LogP) is 2.27. The molecule has 0 aliphatic carbocycles. The van der Waals surface area contributed by atoms with Crippen LogP contribution in [0.25, 0.3) is 0 Å². The maximum Gasteiger partial charge on any atom is 0.339 e. The van der Waals surface area contributed by atoms with Crippen molar-refractivity contribution in [1.29, 1.82) is 0 Å². The molecular weight excluding hydrogens is 272 g/mol. The molecule has 0 atom stereocenters. The fourth-order valence-electron chi connectivity index (χ4n) is 1.65. The summed E-state index contributed by atoms with van der Waals surface area (Å²) in [7, 11) is 0. The fourth-order valence-corrected chi connectivity index (χ4v) is 1.97. The van der Waals surface area contributed by atoms with Crippen molar-refractivity contribution in [1.82, 2.24) is 4.98 Å². The molecule has 0 saturated heterocycles. The van der Waals surface area contributed by atoms with Crippen LogP contribution < -0.4 is 4.90 Å². The molecule has 0 bridgehead atoms. The third-order valence-corrected chi connectivity index (χ3v) is 3.19. The van der Waals surface area contributed by atoms with Crippen LogP contribution in [-0.2, 0) is 0 Å². The van der Waals surface area contributed by atoms with Gasteiger partial charge in [-0.3, -0.25) is 0 Å². The van der Waals surface area contributed by atoms with E-state index in [1.54, 1.807) is 18.3 Å². The Bertz CT molecular complexity index is 445. The summed E-state index contributed by atoms with van der Waals surface area (Å²) in [6.45, 7) is 1.48. The molecule has 2 rings (SSSR count). The summed E-state index contributed by atoms with van der Waals surface area (Å²) >= 11 is 3.43. The number of carboxylic acid groups (broad SMARTS) is 1. The average molecular weight is 283 g/mol. The van der Waals surface area contributed by atoms with Gasteiger partial charge >= 0.3 is 5.97 Å². The molecule has 0 radical (unpaired) electrons. The zero-order valence-corrected chi connectivity index (χ0v) is 10.1. The Morgan fingerprint density at radius 3 is 3.00 bits per heavy atom. The quantitative estimate of drug-likeness (QED) is 0.904. The second-order valence-electron chi connectivity index (χ2n) is 3.53. The van der Waals surface area contributed by atoms with Crippen molar-refractivity contribution < 1.29 is 9.90 Å². The molecule has 1 aromatic heterocycles. The SMILES string of the molecule is O=C(O)c1cccnc1N1CC=C(Br)CC1. The number of aromatic nitrogens is 1. The minimum atomic E-state index is -0.934. The topological polar surface area (TPSA) is 53.4 Å². The molecule has 0 saturated carbocycles. The van der Waals surface area contributed by atoms with Gasteiger partial charge in [-0.2, -0.15) is 0 Å². The van der Waals surface area contributed by atoms with Crippen LogP contribution >= 0.6 is 15.9 Å². The molecule has 0 amide bonds. The van der Waals surface area contributed by atoms with E-state index in [0.29, 0.717) is 12.4 Å². The lowest BCUT2D eigenvalue weighted by molar-refractivity contribution is 0.0697. The van der Waals surface area contributed by atoms with Gasteiger partial charge in [-0.1, -0.05) is 22.0 Å². The lowest BCUT2D eigenvalue weighted by Gasteiger charge is -2.26. The first-order valence-electron chi connectivity index (χ1n) is 4.96. The average Bonchev–Trinajstić information content (AvgIpc) is 2.30. The standard InChI is InChI=1S/C11H11BrN2O2/c12-8-3-6-14(7-4-8)10-9(11(15)16)2-1-5-13-10/h1-3,5H,4,6-7H2,(H,15,16). The van der Waals surface area contributed by atoms with Crippen LogP contribution in [-0.4, -0.2) is 29.1 Å². The first-order chi connectivity index (χ1) is 7.68. The Balaban J connectivity index is 2.30. The highest BCUT2D eigenvalue weighted by molar-refractivity contribution is 9.11. The van der Waals surface area contributed by atoms with Gasteiger partial charge in [-0.25, -0.2) is 9.78 Å². The molecule has 5 heteroatoms. The number of anilines is 1. The molecule has 0 spiro atoms. The fraction of sp³-hybridized carbons (Fsp3) is 0.273. The third kappa shape index (κ3) is 2.24. The zero-order valence-electron chi connectivity index (χ0n) is 8.56. The zero-order chi connectivity index (χ0) is 11.5. The van der Waals surface area contributed by atoms with E-state index in [2.05, 4.69) is 20.9 Å². The van der Waals surface area contributed by atoms with Crippen LogP contribution in [0, 0.1) is 0 Å². The Morgan fingerprint density at radius 2 is 2.38 bits per heavy atom. The minimum absolute atomic E-state index is 0.258. The summed E-state index contributed by atoms with van der Waals surface area (Å²) in [6.07, 6.45) is 4.54. The number of hydrogen-bond donors (Lipinski definition) is 1. The van der Waals surface area contributed by atoms with Gasteiger partial charge in [-0.15, -0.1) is 0 Å². The van der Waals surface area contributed by atoms with Gasteiger partial charge in [0.25, 0.3) is 0 Å². The van der Waals surface area contributed by atoms with Gasteiger partial charge in [-0.05, 0) is 23.0 Å². The highest BCUT2D eigenvalue weighted by Crippen LogP contribution is 2.23. The van der Waals surface area contributed by atoms with Crippen molar-refractivity contribution in [3.8, 4) is 0 Å². The van der Waals surface area contributed by atoms with Crippen LogP contribution in [0.3, 0.4) is 0 Å². The summed E-state index contributed by atoms with van der Waals surface area (Å²) in [5.41, 5.74) is 0.258. The molecule has 1 N–H and O–H groups in total. The number of rotatable bonds is 2. The summed E-state index contributed by atoms with van der Waals surface area (Å²) in [6, 6.07) is 3.22. The van der Waals surface area contributed by atoms with Crippen LogP contribution in [0.5, 0.6) is 0 Å². The Labute approximate surface area is 102 Å². The first kappa shape index (κ1) is 11.1. The molecule has 1 aliphatic rings. The maximum atomic E-state index is 11.0. The molecule has 16 heavy (non-hydrogen) atoms. The van der Waals surface area contributed by atoms with Gasteiger partial charge in [0.05, 0.1) is 0 Å². The van der Waals surface area contributed by atoms with Gasteiger partial charge < -0.3 is 10.0 Å². The van der Waals surface area contributed by atoms with E-state index in [-0.39, 0.29) is 5.56 Å². The van der Waals surface area contributed by atoms with Crippen molar-refractivity contribution in [2.75, 3.05) is 18.0 Å². The molecular formula is C11H11BrN2O2. The van der Waals surface area contributed by atoms with Gasteiger partial charge in [0.1, 0.15) is 11.4 Å². The normalized spacial score (nSPS) is 15.8. The van der Waals surface area contributed by atoms with E-state index in [1.807, 2.05) is 11.0 Å². The Morgan fingerprint density at radius 1 is 1.56 bits per heavy atom. The smallest absolute Gasteiger partial charge is 0.339 e. The molecule has 2 heterocycles. The van der Waals surface area contributed by atoms with Crippen molar-refractivity contribution in [3.63, 3.8) is 0 Å². The van der Waals surface area contributed by atoms with Crippen molar-refractivity contribution in [2.24, 2.45) is 0 Å². The first-order valence-corrected chi connectivity index (χ1v) is 5.75. The predicted molar refractivity (Wildman–Crippen MR) is 65.0 cm³/mol. The summed E-state index contributed by atoms with van der Waals surface area (Å²) in [5.74, 6) is -0.386. The summed E-state index contributed by atoms with van der Waals surface area (Å²) < 4.78 is 1.16. The van der Waals surface area contributed by atoms with E-state index in [4.69, 9.17) is 5.11 Å². The molecule has 0 aromatic carbocycles. The van der Waals surface area contributed by atoms with Crippen LogP contribution in [0.2, 0.25) is 0 Å². The van der Waals surface area contributed by atoms with Crippen molar-refractivity contribution >= 4 is 27.7 Å². The molecule has 0 fully saturated rings. The Kier molecular flexibility index (Phi) is 3.24. The van der Waals surface area contributed by atoms with Gasteiger partial charge in [0.2, 0.25) is 0 Å². The van der Waals surface area contributed by atoms with E-state index >= 15 is 0 Å². The largest absolute Gasteiger partial charge is 0.478 e. The number of halogens is 1. The van der Waals surface area contributed by atoms with Crippen molar-refractivity contribution in [3.05, 3.63) is 34.5 Å². The number of aromatic carboxylic acids is 1. The minimum Gasteiger partial charge on any atom is -0.478 e. The molecule has 84 valence electrons. The monoisotopic (exact) mass is 282 g/mol.